The van der Waals surface area contributed by atoms with Crippen molar-refractivity contribution in [3.63, 3.8) is 0 Å². The number of hydrogen-bond donors (Lipinski definition) is 1. The molecule has 0 saturated carbocycles. The highest BCUT2D eigenvalue weighted by atomic mass is 32.2. The van der Waals surface area contributed by atoms with E-state index in [-0.39, 0.29) is 22.4 Å². The lowest BCUT2D eigenvalue weighted by Crippen LogP contribution is -2.27. The molecule has 4 rings (SSSR count). The van der Waals surface area contributed by atoms with Gasteiger partial charge < -0.3 is 9.73 Å². The molecule has 0 unspecified atom stereocenters. The molecule has 0 aliphatic carbocycles. The van der Waals surface area contributed by atoms with E-state index in [0.29, 0.717) is 11.6 Å². The SMILES string of the molecule is Cc1c(NC(=O)[C@@H](C)Sc2nnc(-c3ccccc3)o2)c(=O)n(-c2ccccc2)n1C. The van der Waals surface area contributed by atoms with Gasteiger partial charge in [-0.2, -0.15) is 0 Å². The smallest absolute Gasteiger partial charge is 0.295 e. The molecule has 0 aliphatic rings. The lowest BCUT2D eigenvalue weighted by molar-refractivity contribution is -0.115. The predicted octanol–water partition coefficient (Wildman–Crippen LogP) is 3.65. The maximum atomic E-state index is 13.0. The largest absolute Gasteiger partial charge is 0.411 e. The number of nitrogens with one attached hydrogen (secondary N) is 1. The number of para-hydroxylation sites is 1. The van der Waals surface area contributed by atoms with Gasteiger partial charge in [0.15, 0.2) is 0 Å². The first-order chi connectivity index (χ1) is 15.0. The number of carbonyl (C=O) groups excluding carboxylic acids is 1. The van der Waals surface area contributed by atoms with Gasteiger partial charge in [-0.3, -0.25) is 14.3 Å². The molecule has 31 heavy (non-hydrogen) atoms. The van der Waals surface area contributed by atoms with Gasteiger partial charge in [-0.1, -0.05) is 48.2 Å². The van der Waals surface area contributed by atoms with Crippen molar-refractivity contribution in [1.82, 2.24) is 19.6 Å². The van der Waals surface area contributed by atoms with E-state index in [0.717, 1.165) is 23.0 Å². The zero-order chi connectivity index (χ0) is 22.0. The average Bonchev–Trinajstić information content (AvgIpc) is 3.33. The summed E-state index contributed by atoms with van der Waals surface area (Å²) in [5.74, 6) is 0.0656. The van der Waals surface area contributed by atoms with Gasteiger partial charge in [-0.05, 0) is 38.1 Å². The van der Waals surface area contributed by atoms with E-state index < -0.39 is 5.25 Å². The fraction of sp³-hybridized carbons (Fsp3) is 0.182. The van der Waals surface area contributed by atoms with E-state index in [1.165, 1.54) is 4.68 Å². The molecule has 0 aliphatic heterocycles. The number of rotatable bonds is 6. The molecule has 1 N–H and O–H groups in total. The molecule has 158 valence electrons. The van der Waals surface area contributed by atoms with Crippen molar-refractivity contribution in [2.24, 2.45) is 7.05 Å². The first-order valence-corrected chi connectivity index (χ1v) is 10.5. The summed E-state index contributed by atoms with van der Waals surface area (Å²) >= 11 is 1.14. The second-order valence-corrected chi connectivity index (χ2v) is 8.22. The Morgan fingerprint density at radius 1 is 1.06 bits per heavy atom. The summed E-state index contributed by atoms with van der Waals surface area (Å²) in [6.45, 7) is 3.51. The van der Waals surface area contributed by atoms with Crippen LogP contribution in [0.4, 0.5) is 5.69 Å². The van der Waals surface area contributed by atoms with Gasteiger partial charge >= 0.3 is 0 Å². The summed E-state index contributed by atoms with van der Waals surface area (Å²) in [6.07, 6.45) is 0. The Kier molecular flexibility index (Phi) is 5.77. The van der Waals surface area contributed by atoms with Crippen molar-refractivity contribution in [1.29, 1.82) is 0 Å². The van der Waals surface area contributed by atoms with Crippen LogP contribution in [0.2, 0.25) is 0 Å². The van der Waals surface area contributed by atoms with Gasteiger partial charge in [0.2, 0.25) is 11.8 Å². The van der Waals surface area contributed by atoms with Gasteiger partial charge in [-0.15, -0.1) is 10.2 Å². The van der Waals surface area contributed by atoms with E-state index in [9.17, 15) is 9.59 Å². The van der Waals surface area contributed by atoms with E-state index >= 15 is 0 Å². The molecule has 0 spiro atoms. The molecule has 1 amide bonds. The first kappa shape index (κ1) is 20.7. The molecule has 2 heterocycles. The van der Waals surface area contributed by atoms with Crippen LogP contribution >= 0.6 is 11.8 Å². The first-order valence-electron chi connectivity index (χ1n) is 9.66. The van der Waals surface area contributed by atoms with Crippen molar-refractivity contribution in [2.75, 3.05) is 5.32 Å². The Morgan fingerprint density at radius 3 is 2.39 bits per heavy atom. The molecule has 8 nitrogen and oxygen atoms in total. The van der Waals surface area contributed by atoms with Crippen molar-refractivity contribution in [2.45, 2.75) is 24.3 Å². The Morgan fingerprint density at radius 2 is 1.71 bits per heavy atom. The van der Waals surface area contributed by atoms with Crippen LogP contribution in [0.5, 0.6) is 0 Å². The van der Waals surface area contributed by atoms with Gasteiger partial charge in [0.1, 0.15) is 5.69 Å². The number of anilines is 1. The maximum absolute atomic E-state index is 13.0. The van der Waals surface area contributed by atoms with Crippen molar-refractivity contribution < 1.29 is 9.21 Å². The van der Waals surface area contributed by atoms with Crippen molar-refractivity contribution >= 4 is 23.4 Å². The topological polar surface area (TPSA) is 95.0 Å². The minimum Gasteiger partial charge on any atom is -0.411 e. The molecule has 0 fully saturated rings. The number of amides is 1. The fourth-order valence-electron chi connectivity index (χ4n) is 3.10. The molecular formula is C22H21N5O3S. The summed E-state index contributed by atoms with van der Waals surface area (Å²) in [4.78, 5) is 25.7. The van der Waals surface area contributed by atoms with Gasteiger partial charge in [0.25, 0.3) is 10.8 Å². The van der Waals surface area contributed by atoms with E-state index in [1.807, 2.05) is 60.7 Å². The Bertz CT molecular complexity index is 1260. The molecule has 0 radical (unpaired) electrons. The van der Waals surface area contributed by atoms with E-state index in [2.05, 4.69) is 15.5 Å². The van der Waals surface area contributed by atoms with Crippen LogP contribution in [0, 0.1) is 6.92 Å². The third-order valence-electron chi connectivity index (χ3n) is 4.88. The van der Waals surface area contributed by atoms with Crippen LogP contribution < -0.4 is 10.9 Å². The normalized spacial score (nSPS) is 12.0. The fourth-order valence-corrected chi connectivity index (χ4v) is 3.78. The van der Waals surface area contributed by atoms with Gasteiger partial charge in [0, 0.05) is 12.6 Å². The third-order valence-corrected chi connectivity index (χ3v) is 5.81. The quantitative estimate of drug-likeness (QED) is 0.465. The lowest BCUT2D eigenvalue weighted by Gasteiger charge is -2.08. The molecule has 9 heteroatoms. The Hall–Kier alpha value is -3.59. The van der Waals surface area contributed by atoms with Gasteiger partial charge in [-0.25, -0.2) is 4.68 Å². The molecular weight excluding hydrogens is 414 g/mol. The zero-order valence-corrected chi connectivity index (χ0v) is 18.1. The van der Waals surface area contributed by atoms with Crippen LogP contribution in [0.15, 0.2) is 75.1 Å². The highest BCUT2D eigenvalue weighted by Gasteiger charge is 2.23. The van der Waals surface area contributed by atoms with E-state index in [1.54, 1.807) is 25.6 Å². The third kappa shape index (κ3) is 4.17. The van der Waals surface area contributed by atoms with Crippen LogP contribution in [0.25, 0.3) is 17.1 Å². The van der Waals surface area contributed by atoms with Crippen molar-refractivity contribution in [3.05, 3.63) is 76.7 Å². The van der Waals surface area contributed by atoms with Crippen LogP contribution in [-0.2, 0) is 11.8 Å². The minimum atomic E-state index is -0.548. The summed E-state index contributed by atoms with van der Waals surface area (Å²) in [6, 6.07) is 18.7. The Balaban J connectivity index is 1.50. The Labute approximate surface area is 182 Å². The summed E-state index contributed by atoms with van der Waals surface area (Å²) in [7, 11) is 1.78. The van der Waals surface area contributed by atoms with Crippen molar-refractivity contribution in [3.8, 4) is 17.1 Å². The standard InChI is InChI=1S/C22H21N5O3S/c1-14-18(21(29)27(26(14)3)17-12-8-5-9-13-17)23-19(28)15(2)31-22-25-24-20(30-22)16-10-6-4-7-11-16/h4-13,15H,1-3H3,(H,23,28)/t15-/m1/s1. The van der Waals surface area contributed by atoms with Gasteiger partial charge in [0.05, 0.1) is 16.6 Å². The number of aromatic nitrogens is 4. The summed E-state index contributed by atoms with van der Waals surface area (Å²) in [5.41, 5.74) is 2.14. The molecule has 2 aromatic carbocycles. The number of nitrogens with zero attached hydrogens (tertiary/aromatic N) is 4. The van der Waals surface area contributed by atoms with E-state index in [4.69, 9.17) is 4.42 Å². The minimum absolute atomic E-state index is 0.249. The summed E-state index contributed by atoms with van der Waals surface area (Å²) in [5, 5.41) is 10.5. The monoisotopic (exact) mass is 435 g/mol. The number of benzene rings is 2. The average molecular weight is 436 g/mol. The number of hydrogen-bond acceptors (Lipinski definition) is 6. The second kappa shape index (κ2) is 8.65. The highest BCUT2D eigenvalue weighted by molar-refractivity contribution is 8.00. The summed E-state index contributed by atoms with van der Waals surface area (Å²) < 4.78 is 8.90. The van der Waals surface area contributed by atoms with Crippen LogP contribution in [-0.4, -0.2) is 30.7 Å². The molecule has 4 aromatic rings. The predicted molar refractivity (Wildman–Crippen MR) is 119 cm³/mol. The lowest BCUT2D eigenvalue weighted by atomic mass is 10.2. The highest BCUT2D eigenvalue weighted by Crippen LogP contribution is 2.26. The zero-order valence-electron chi connectivity index (χ0n) is 17.3. The number of carbonyl (C=O) groups is 1. The molecule has 2 aromatic heterocycles. The molecule has 1 atom stereocenters. The van der Waals surface area contributed by atoms with Crippen LogP contribution in [0.1, 0.15) is 12.6 Å². The van der Waals surface area contributed by atoms with Crippen LogP contribution in [0.3, 0.4) is 0 Å². The molecule has 0 bridgehead atoms. The second-order valence-electron chi connectivity index (χ2n) is 6.93. The molecule has 0 saturated heterocycles. The maximum Gasteiger partial charge on any atom is 0.295 e. The number of thioether (sulfide) groups is 1.